The van der Waals surface area contributed by atoms with Gasteiger partial charge in [-0.1, -0.05) is 0 Å². The van der Waals surface area contributed by atoms with Crippen molar-refractivity contribution >= 4 is 16.9 Å². The molecule has 0 bridgehead atoms. The topological polar surface area (TPSA) is 51.9 Å². The van der Waals surface area contributed by atoms with Gasteiger partial charge >= 0.3 is 0 Å². The summed E-state index contributed by atoms with van der Waals surface area (Å²) in [5.74, 6) is 0.961. The maximum absolute atomic E-state index is 12.5. The minimum Gasteiger partial charge on any atom is -0.497 e. The summed E-state index contributed by atoms with van der Waals surface area (Å²) in [4.78, 5) is 14.1. The van der Waals surface area contributed by atoms with Gasteiger partial charge < -0.3 is 18.8 Å². The van der Waals surface area contributed by atoms with E-state index < -0.39 is 0 Å². The smallest absolute Gasteiger partial charge is 0.289 e. The summed E-state index contributed by atoms with van der Waals surface area (Å²) in [7, 11) is 4.98. The molecule has 1 atom stereocenters. The van der Waals surface area contributed by atoms with Gasteiger partial charge in [-0.15, -0.1) is 0 Å². The summed E-state index contributed by atoms with van der Waals surface area (Å²) in [6.07, 6.45) is -0.0243. The maximum Gasteiger partial charge on any atom is 0.289 e. The van der Waals surface area contributed by atoms with Crippen molar-refractivity contribution in [2.45, 2.75) is 20.0 Å². The molecule has 1 heterocycles. The van der Waals surface area contributed by atoms with E-state index >= 15 is 0 Å². The average molecular weight is 291 g/mol. The zero-order chi connectivity index (χ0) is 15.6. The number of hydrogen-bond acceptors (Lipinski definition) is 4. The summed E-state index contributed by atoms with van der Waals surface area (Å²) in [6, 6.07) is 5.51. The Morgan fingerprint density at radius 3 is 2.71 bits per heavy atom. The van der Waals surface area contributed by atoms with Crippen molar-refractivity contribution in [3.8, 4) is 5.75 Å². The van der Waals surface area contributed by atoms with E-state index in [0.29, 0.717) is 17.9 Å². The first-order valence-electron chi connectivity index (χ1n) is 6.83. The summed E-state index contributed by atoms with van der Waals surface area (Å²) in [5.41, 5.74) is 1.51. The van der Waals surface area contributed by atoms with Crippen molar-refractivity contribution in [2.24, 2.45) is 0 Å². The SMILES string of the molecule is COc1ccc2oc(C(=O)N(C)C[C@@H](C)OC)c(C)c2c1. The Morgan fingerprint density at radius 1 is 1.38 bits per heavy atom. The zero-order valence-electron chi connectivity index (χ0n) is 13.1. The van der Waals surface area contributed by atoms with Gasteiger partial charge in [-0.2, -0.15) is 0 Å². The van der Waals surface area contributed by atoms with E-state index in [2.05, 4.69) is 0 Å². The first-order valence-corrected chi connectivity index (χ1v) is 6.83. The molecule has 0 aliphatic rings. The third-order valence-electron chi connectivity index (χ3n) is 3.62. The second-order valence-corrected chi connectivity index (χ2v) is 5.15. The summed E-state index contributed by atoms with van der Waals surface area (Å²) in [5, 5.41) is 0.894. The highest BCUT2D eigenvalue weighted by Gasteiger charge is 2.22. The zero-order valence-corrected chi connectivity index (χ0v) is 13.1. The Hall–Kier alpha value is -2.01. The molecular weight excluding hydrogens is 270 g/mol. The quantitative estimate of drug-likeness (QED) is 0.850. The number of likely N-dealkylation sites (N-methyl/N-ethyl adjacent to an activating group) is 1. The molecule has 0 saturated heterocycles. The lowest BCUT2D eigenvalue weighted by molar-refractivity contribution is 0.0576. The lowest BCUT2D eigenvalue weighted by atomic mass is 10.1. The lowest BCUT2D eigenvalue weighted by Crippen LogP contribution is -2.33. The number of nitrogens with zero attached hydrogens (tertiary/aromatic N) is 1. The van der Waals surface area contributed by atoms with Crippen LogP contribution in [0.3, 0.4) is 0 Å². The fraction of sp³-hybridized carbons (Fsp3) is 0.438. The molecule has 0 fully saturated rings. The van der Waals surface area contributed by atoms with Gasteiger partial charge in [0.25, 0.3) is 5.91 Å². The predicted molar refractivity (Wildman–Crippen MR) is 80.9 cm³/mol. The first kappa shape index (κ1) is 15.4. The van der Waals surface area contributed by atoms with Gasteiger partial charge in [0.05, 0.1) is 13.2 Å². The number of ether oxygens (including phenoxy) is 2. The highest BCUT2D eigenvalue weighted by Crippen LogP contribution is 2.29. The van der Waals surface area contributed by atoms with Crippen LogP contribution >= 0.6 is 0 Å². The number of carbonyl (C=O) groups excluding carboxylic acids is 1. The Morgan fingerprint density at radius 2 is 2.10 bits per heavy atom. The van der Waals surface area contributed by atoms with Gasteiger partial charge in [0.1, 0.15) is 11.3 Å². The second kappa shape index (κ2) is 6.18. The van der Waals surface area contributed by atoms with Gasteiger partial charge in [-0.3, -0.25) is 4.79 Å². The molecule has 114 valence electrons. The molecule has 0 aliphatic carbocycles. The van der Waals surface area contributed by atoms with Crippen molar-refractivity contribution in [3.05, 3.63) is 29.5 Å². The van der Waals surface area contributed by atoms with Crippen molar-refractivity contribution in [1.29, 1.82) is 0 Å². The third kappa shape index (κ3) is 3.03. The van der Waals surface area contributed by atoms with E-state index in [1.54, 1.807) is 26.2 Å². The number of rotatable bonds is 5. The molecule has 5 nitrogen and oxygen atoms in total. The van der Waals surface area contributed by atoms with Gasteiger partial charge in [0, 0.05) is 31.7 Å². The third-order valence-corrected chi connectivity index (χ3v) is 3.62. The molecule has 2 aromatic rings. The van der Waals surface area contributed by atoms with Gasteiger partial charge in [0.2, 0.25) is 0 Å². The van der Waals surface area contributed by atoms with Crippen LogP contribution in [0.1, 0.15) is 23.0 Å². The molecule has 0 aliphatic heterocycles. The van der Waals surface area contributed by atoms with Crippen LogP contribution in [0.25, 0.3) is 11.0 Å². The highest BCUT2D eigenvalue weighted by molar-refractivity contribution is 5.99. The van der Waals surface area contributed by atoms with E-state index in [-0.39, 0.29) is 12.0 Å². The molecule has 1 amide bonds. The van der Waals surface area contributed by atoms with Gasteiger partial charge in [0.15, 0.2) is 5.76 Å². The Labute approximate surface area is 124 Å². The molecule has 0 radical (unpaired) electrons. The monoisotopic (exact) mass is 291 g/mol. The fourth-order valence-electron chi connectivity index (χ4n) is 2.25. The van der Waals surface area contributed by atoms with Crippen molar-refractivity contribution in [3.63, 3.8) is 0 Å². The van der Waals surface area contributed by atoms with E-state index in [1.165, 1.54) is 0 Å². The molecule has 1 aromatic heterocycles. The molecule has 21 heavy (non-hydrogen) atoms. The normalized spacial score (nSPS) is 12.4. The Bertz CT molecular complexity index is 647. The van der Waals surface area contributed by atoms with E-state index in [0.717, 1.165) is 16.7 Å². The van der Waals surface area contributed by atoms with Crippen LogP contribution < -0.4 is 4.74 Å². The number of hydrogen-bond donors (Lipinski definition) is 0. The number of methoxy groups -OCH3 is 2. The Balaban J connectivity index is 2.33. The molecule has 0 N–H and O–H groups in total. The van der Waals surface area contributed by atoms with Crippen molar-refractivity contribution < 1.29 is 18.7 Å². The predicted octanol–water partition coefficient (Wildman–Crippen LogP) is 2.86. The number of carbonyl (C=O) groups is 1. The largest absolute Gasteiger partial charge is 0.497 e. The maximum atomic E-state index is 12.5. The fourth-order valence-corrected chi connectivity index (χ4v) is 2.25. The first-order chi connectivity index (χ1) is 9.97. The molecule has 0 unspecified atom stereocenters. The number of amides is 1. The number of benzene rings is 1. The molecule has 2 rings (SSSR count). The molecule has 1 aromatic carbocycles. The molecule has 0 saturated carbocycles. The highest BCUT2D eigenvalue weighted by atomic mass is 16.5. The van der Waals surface area contributed by atoms with Gasteiger partial charge in [-0.05, 0) is 32.0 Å². The van der Waals surface area contributed by atoms with Crippen LogP contribution in [0.15, 0.2) is 22.6 Å². The van der Waals surface area contributed by atoms with Crippen LogP contribution in [0.5, 0.6) is 5.75 Å². The van der Waals surface area contributed by atoms with Crippen LogP contribution in [0.4, 0.5) is 0 Å². The number of furan rings is 1. The number of aryl methyl sites for hydroxylation is 1. The summed E-state index contributed by atoms with van der Waals surface area (Å²) < 4.78 is 16.1. The van der Waals surface area contributed by atoms with Gasteiger partial charge in [-0.25, -0.2) is 0 Å². The minimum atomic E-state index is -0.147. The van der Waals surface area contributed by atoms with Crippen LogP contribution in [0.2, 0.25) is 0 Å². The van der Waals surface area contributed by atoms with E-state index in [4.69, 9.17) is 13.9 Å². The molecule has 0 spiro atoms. The number of fused-ring (bicyclic) bond motifs is 1. The van der Waals surface area contributed by atoms with Crippen LogP contribution in [-0.4, -0.2) is 44.7 Å². The Kier molecular flexibility index (Phi) is 4.53. The minimum absolute atomic E-state index is 0.0243. The standard InChI is InChI=1S/C16H21NO4/c1-10(19-4)9-17(3)16(18)15-11(2)13-8-12(20-5)6-7-14(13)21-15/h6-8,10H,9H2,1-5H3/t10-/m1/s1. The van der Waals surface area contributed by atoms with E-state index in [1.807, 2.05) is 32.0 Å². The second-order valence-electron chi connectivity index (χ2n) is 5.15. The van der Waals surface area contributed by atoms with E-state index in [9.17, 15) is 4.79 Å². The molecule has 5 heteroatoms. The molecular formula is C16H21NO4. The van der Waals surface area contributed by atoms with Crippen molar-refractivity contribution in [1.82, 2.24) is 4.90 Å². The summed E-state index contributed by atoms with van der Waals surface area (Å²) >= 11 is 0. The average Bonchev–Trinajstić information content (AvgIpc) is 2.82. The van der Waals surface area contributed by atoms with Crippen LogP contribution in [0, 0.1) is 6.92 Å². The van der Waals surface area contributed by atoms with Crippen LogP contribution in [-0.2, 0) is 4.74 Å². The van der Waals surface area contributed by atoms with Crippen molar-refractivity contribution in [2.75, 3.05) is 27.8 Å². The summed E-state index contributed by atoms with van der Waals surface area (Å²) in [6.45, 7) is 4.31. The lowest BCUT2D eigenvalue weighted by Gasteiger charge is -2.19.